The Labute approximate surface area is 118 Å². The van der Waals surface area contributed by atoms with Crippen LogP contribution in [0.1, 0.15) is 24.9 Å². The molecule has 0 aliphatic rings. The number of aromatic hydroxyl groups is 1. The number of benzene rings is 1. The van der Waals surface area contributed by atoms with Gasteiger partial charge in [-0.05, 0) is 19.1 Å². The first kappa shape index (κ1) is 14.1. The maximum Gasteiger partial charge on any atom is 0.224 e. The molecule has 1 unspecified atom stereocenters. The zero-order valence-electron chi connectivity index (χ0n) is 11.7. The van der Waals surface area contributed by atoms with Crippen LogP contribution in [-0.2, 0) is 11.3 Å². The van der Waals surface area contributed by atoms with E-state index in [2.05, 4.69) is 5.10 Å². The van der Waals surface area contributed by atoms with Gasteiger partial charge in [0, 0.05) is 38.0 Å². The summed E-state index contributed by atoms with van der Waals surface area (Å²) in [5.74, 6) is 0.239. The smallest absolute Gasteiger partial charge is 0.224 e. The number of aromatic nitrogens is 2. The first-order valence-electron chi connectivity index (χ1n) is 6.60. The molecule has 0 spiro atoms. The van der Waals surface area contributed by atoms with Crippen molar-refractivity contribution in [2.75, 3.05) is 7.05 Å². The highest BCUT2D eigenvalue weighted by Gasteiger charge is 2.19. The second-order valence-corrected chi connectivity index (χ2v) is 4.76. The van der Waals surface area contributed by atoms with Crippen molar-refractivity contribution in [2.24, 2.45) is 0 Å². The van der Waals surface area contributed by atoms with Crippen LogP contribution >= 0.6 is 0 Å². The Hall–Kier alpha value is -2.30. The van der Waals surface area contributed by atoms with E-state index in [1.807, 2.05) is 31.3 Å². The molecule has 1 aromatic heterocycles. The third kappa shape index (κ3) is 3.17. The zero-order valence-corrected chi connectivity index (χ0v) is 11.7. The Bertz CT molecular complexity index is 566. The van der Waals surface area contributed by atoms with Crippen molar-refractivity contribution in [2.45, 2.75) is 25.9 Å². The van der Waals surface area contributed by atoms with E-state index >= 15 is 0 Å². The number of nitrogens with zero attached hydrogens (tertiary/aromatic N) is 3. The highest BCUT2D eigenvalue weighted by Crippen LogP contribution is 2.27. The van der Waals surface area contributed by atoms with Crippen molar-refractivity contribution in [1.29, 1.82) is 0 Å². The molecule has 2 rings (SSSR count). The second kappa shape index (κ2) is 6.23. The number of phenolic OH excluding ortho intramolecular Hbond substituents is 1. The first-order valence-corrected chi connectivity index (χ1v) is 6.60. The molecule has 1 atom stereocenters. The van der Waals surface area contributed by atoms with Gasteiger partial charge in [-0.1, -0.05) is 18.2 Å². The van der Waals surface area contributed by atoms with Gasteiger partial charge < -0.3 is 10.0 Å². The van der Waals surface area contributed by atoms with E-state index in [-0.39, 0.29) is 17.7 Å². The minimum absolute atomic E-state index is 0.0243. The minimum Gasteiger partial charge on any atom is -0.508 e. The van der Waals surface area contributed by atoms with Crippen LogP contribution in [0, 0.1) is 0 Å². The van der Waals surface area contributed by atoms with Crippen LogP contribution in [0.2, 0.25) is 0 Å². The molecular weight excluding hydrogens is 254 g/mol. The molecule has 1 N–H and O–H groups in total. The predicted molar refractivity (Wildman–Crippen MR) is 76.1 cm³/mol. The summed E-state index contributed by atoms with van der Waals surface area (Å²) in [5, 5.41) is 13.9. The van der Waals surface area contributed by atoms with Crippen molar-refractivity contribution in [3.05, 3.63) is 48.3 Å². The maximum atomic E-state index is 12.2. The summed E-state index contributed by atoms with van der Waals surface area (Å²) in [6.45, 7) is 2.46. The molecule has 106 valence electrons. The molecule has 0 bridgehead atoms. The lowest BCUT2D eigenvalue weighted by Crippen LogP contribution is -2.30. The summed E-state index contributed by atoms with van der Waals surface area (Å²) in [6, 6.07) is 8.75. The van der Waals surface area contributed by atoms with E-state index in [0.717, 1.165) is 5.56 Å². The Balaban J connectivity index is 1.97. The second-order valence-electron chi connectivity index (χ2n) is 4.76. The van der Waals surface area contributed by atoms with E-state index in [1.165, 1.54) is 0 Å². The molecule has 2 aromatic rings. The number of para-hydroxylation sites is 1. The van der Waals surface area contributed by atoms with Gasteiger partial charge in [-0.2, -0.15) is 5.10 Å². The monoisotopic (exact) mass is 273 g/mol. The summed E-state index contributed by atoms with van der Waals surface area (Å²) < 4.78 is 1.73. The van der Waals surface area contributed by atoms with E-state index in [0.29, 0.717) is 13.0 Å². The topological polar surface area (TPSA) is 58.4 Å². The molecule has 0 aliphatic carbocycles. The van der Waals surface area contributed by atoms with Crippen LogP contribution in [0.15, 0.2) is 42.7 Å². The molecule has 20 heavy (non-hydrogen) atoms. The summed E-state index contributed by atoms with van der Waals surface area (Å²) in [7, 11) is 1.75. The molecule has 0 aliphatic heterocycles. The third-order valence-corrected chi connectivity index (χ3v) is 3.48. The number of hydrogen-bond acceptors (Lipinski definition) is 3. The van der Waals surface area contributed by atoms with Crippen molar-refractivity contribution in [1.82, 2.24) is 14.7 Å². The largest absolute Gasteiger partial charge is 0.508 e. The van der Waals surface area contributed by atoms with Gasteiger partial charge in [0.2, 0.25) is 5.91 Å². The van der Waals surface area contributed by atoms with E-state index < -0.39 is 0 Å². The number of carbonyl (C=O) groups is 1. The lowest BCUT2D eigenvalue weighted by Gasteiger charge is -2.26. The summed E-state index contributed by atoms with van der Waals surface area (Å²) in [4.78, 5) is 13.8. The normalized spacial score (nSPS) is 12.1. The summed E-state index contributed by atoms with van der Waals surface area (Å²) >= 11 is 0. The van der Waals surface area contributed by atoms with Crippen molar-refractivity contribution in [3.8, 4) is 5.75 Å². The molecule has 0 fully saturated rings. The van der Waals surface area contributed by atoms with Crippen LogP contribution in [0.5, 0.6) is 5.75 Å². The van der Waals surface area contributed by atoms with E-state index in [4.69, 9.17) is 0 Å². The molecule has 1 heterocycles. The molecule has 0 saturated heterocycles. The molecule has 1 aromatic carbocycles. The average molecular weight is 273 g/mol. The van der Waals surface area contributed by atoms with Gasteiger partial charge in [0.15, 0.2) is 0 Å². The Kier molecular flexibility index (Phi) is 4.40. The maximum absolute atomic E-state index is 12.2. The lowest BCUT2D eigenvalue weighted by molar-refractivity contribution is -0.132. The zero-order chi connectivity index (χ0) is 14.5. The van der Waals surface area contributed by atoms with Crippen LogP contribution in [0.4, 0.5) is 0 Å². The highest BCUT2D eigenvalue weighted by atomic mass is 16.3. The van der Waals surface area contributed by atoms with Gasteiger partial charge >= 0.3 is 0 Å². The van der Waals surface area contributed by atoms with Crippen molar-refractivity contribution >= 4 is 5.91 Å². The van der Waals surface area contributed by atoms with Crippen molar-refractivity contribution in [3.63, 3.8) is 0 Å². The number of hydrogen-bond donors (Lipinski definition) is 1. The highest BCUT2D eigenvalue weighted by molar-refractivity contribution is 5.76. The quantitative estimate of drug-likeness (QED) is 0.908. The van der Waals surface area contributed by atoms with Gasteiger partial charge in [-0.25, -0.2) is 0 Å². The molecular formula is C15H19N3O2. The number of phenols is 1. The number of amides is 1. The fraction of sp³-hybridized carbons (Fsp3) is 0.333. The van der Waals surface area contributed by atoms with Crippen LogP contribution in [0.3, 0.4) is 0 Å². The average Bonchev–Trinajstić information content (AvgIpc) is 2.97. The summed E-state index contributed by atoms with van der Waals surface area (Å²) in [5.41, 5.74) is 0.752. The van der Waals surface area contributed by atoms with Gasteiger partial charge in [0.05, 0.1) is 6.04 Å². The number of carbonyl (C=O) groups excluding carboxylic acids is 1. The minimum atomic E-state index is -0.165. The van der Waals surface area contributed by atoms with Crippen LogP contribution in [0.25, 0.3) is 0 Å². The Morgan fingerprint density at radius 2 is 2.15 bits per heavy atom. The van der Waals surface area contributed by atoms with Gasteiger partial charge in [0.1, 0.15) is 5.75 Å². The third-order valence-electron chi connectivity index (χ3n) is 3.48. The van der Waals surface area contributed by atoms with E-state index in [1.54, 1.807) is 35.0 Å². The molecule has 0 saturated carbocycles. The molecule has 5 heteroatoms. The lowest BCUT2D eigenvalue weighted by atomic mass is 10.1. The molecule has 0 radical (unpaired) electrons. The number of aryl methyl sites for hydroxylation is 1. The predicted octanol–water partition coefficient (Wildman–Crippen LogP) is 2.20. The standard InChI is InChI=1S/C15H19N3O2/c1-12(13-6-3-4-7-14(13)19)17(2)15(20)8-11-18-10-5-9-16-18/h3-7,9-10,12,19H,8,11H2,1-2H3. The first-order chi connectivity index (χ1) is 9.59. The Morgan fingerprint density at radius 3 is 2.80 bits per heavy atom. The van der Waals surface area contributed by atoms with E-state index in [9.17, 15) is 9.90 Å². The molecule has 1 amide bonds. The molecule has 5 nitrogen and oxygen atoms in total. The van der Waals surface area contributed by atoms with Crippen LogP contribution in [-0.4, -0.2) is 32.7 Å². The fourth-order valence-electron chi connectivity index (χ4n) is 2.08. The van der Waals surface area contributed by atoms with Gasteiger partial charge in [0.25, 0.3) is 0 Å². The van der Waals surface area contributed by atoms with Gasteiger partial charge in [-0.3, -0.25) is 9.48 Å². The SMILES string of the molecule is CC(c1ccccc1O)N(C)C(=O)CCn1cccn1. The summed E-state index contributed by atoms with van der Waals surface area (Å²) in [6.07, 6.45) is 3.91. The van der Waals surface area contributed by atoms with Gasteiger partial charge in [-0.15, -0.1) is 0 Å². The fourth-order valence-corrected chi connectivity index (χ4v) is 2.08. The van der Waals surface area contributed by atoms with Crippen molar-refractivity contribution < 1.29 is 9.90 Å². The van der Waals surface area contributed by atoms with Crippen LogP contribution < -0.4 is 0 Å². The Morgan fingerprint density at radius 1 is 1.40 bits per heavy atom. The number of rotatable bonds is 5.